The molecule has 1 heterocycles. The first-order valence-corrected chi connectivity index (χ1v) is 9.45. The Balaban J connectivity index is 1.57. The van der Waals surface area contributed by atoms with E-state index in [1.807, 2.05) is 24.3 Å². The number of hydrogen-bond acceptors (Lipinski definition) is 4. The van der Waals surface area contributed by atoms with Crippen molar-refractivity contribution in [3.8, 4) is 11.8 Å². The summed E-state index contributed by atoms with van der Waals surface area (Å²) >= 11 is 5.74. The largest absolute Gasteiger partial charge is 0.341 e. The van der Waals surface area contributed by atoms with Crippen LogP contribution in [0.3, 0.4) is 0 Å². The van der Waals surface area contributed by atoms with Crippen LogP contribution < -0.4 is 10.2 Å². The standard InChI is InChI=1S/C21H18ClN3O4/c22-18-11-8-16(14-19(18)25(28)29)21(27)23-12-3-4-15-6-9-17(10-7-15)24-13-2-1-5-20(24)26/h6-11,14H,1-2,5,12-13H2,(H,23,27). The van der Waals surface area contributed by atoms with Crippen LogP contribution >= 0.6 is 11.6 Å². The van der Waals surface area contributed by atoms with Crippen LogP contribution in [0.15, 0.2) is 42.5 Å². The summed E-state index contributed by atoms with van der Waals surface area (Å²) in [6, 6.07) is 11.2. The van der Waals surface area contributed by atoms with E-state index >= 15 is 0 Å². The van der Waals surface area contributed by atoms with Crippen LogP contribution in [0.4, 0.5) is 11.4 Å². The van der Waals surface area contributed by atoms with Crippen LogP contribution in [0.1, 0.15) is 35.2 Å². The van der Waals surface area contributed by atoms with Crippen molar-refractivity contribution in [3.05, 3.63) is 68.7 Å². The monoisotopic (exact) mass is 411 g/mol. The smallest absolute Gasteiger partial charge is 0.288 e. The van der Waals surface area contributed by atoms with E-state index in [0.717, 1.165) is 36.7 Å². The number of rotatable bonds is 4. The Morgan fingerprint density at radius 1 is 1.21 bits per heavy atom. The molecule has 29 heavy (non-hydrogen) atoms. The van der Waals surface area contributed by atoms with E-state index in [0.29, 0.717) is 6.42 Å². The van der Waals surface area contributed by atoms with Gasteiger partial charge < -0.3 is 10.2 Å². The molecule has 1 fully saturated rings. The van der Waals surface area contributed by atoms with Gasteiger partial charge in [0.2, 0.25) is 5.91 Å². The van der Waals surface area contributed by atoms with Crippen molar-refractivity contribution in [2.24, 2.45) is 0 Å². The van der Waals surface area contributed by atoms with Crippen molar-refractivity contribution in [2.45, 2.75) is 19.3 Å². The van der Waals surface area contributed by atoms with Crippen molar-refractivity contribution in [1.82, 2.24) is 5.32 Å². The number of anilines is 1. The fourth-order valence-corrected chi connectivity index (χ4v) is 3.16. The normalized spacial score (nSPS) is 13.4. The number of amides is 2. The molecule has 1 N–H and O–H groups in total. The molecule has 3 rings (SSSR count). The maximum Gasteiger partial charge on any atom is 0.288 e. The van der Waals surface area contributed by atoms with E-state index in [1.54, 1.807) is 4.90 Å². The van der Waals surface area contributed by atoms with Crippen LogP contribution in [0.2, 0.25) is 5.02 Å². The number of piperidine rings is 1. The Morgan fingerprint density at radius 3 is 2.66 bits per heavy atom. The molecule has 1 aliphatic rings. The van der Waals surface area contributed by atoms with Gasteiger partial charge in [-0.05, 0) is 49.2 Å². The quantitative estimate of drug-likeness (QED) is 0.473. The molecule has 2 amide bonds. The van der Waals surface area contributed by atoms with Gasteiger partial charge in [-0.15, -0.1) is 0 Å². The van der Waals surface area contributed by atoms with Gasteiger partial charge in [0.15, 0.2) is 0 Å². The van der Waals surface area contributed by atoms with Crippen molar-refractivity contribution in [1.29, 1.82) is 0 Å². The molecule has 2 aromatic carbocycles. The average Bonchev–Trinajstić information content (AvgIpc) is 2.72. The highest BCUT2D eigenvalue weighted by Crippen LogP contribution is 2.25. The summed E-state index contributed by atoms with van der Waals surface area (Å²) in [5.74, 6) is 5.44. The molecular weight excluding hydrogens is 394 g/mol. The van der Waals surface area contributed by atoms with E-state index in [2.05, 4.69) is 17.2 Å². The first-order chi connectivity index (χ1) is 14.0. The lowest BCUT2D eigenvalue weighted by Gasteiger charge is -2.26. The Bertz CT molecular complexity index is 1010. The van der Waals surface area contributed by atoms with Crippen molar-refractivity contribution < 1.29 is 14.5 Å². The third kappa shape index (κ3) is 5.12. The molecule has 1 saturated heterocycles. The minimum atomic E-state index is -0.639. The molecule has 0 unspecified atom stereocenters. The van der Waals surface area contributed by atoms with Gasteiger partial charge in [0.1, 0.15) is 5.02 Å². The summed E-state index contributed by atoms with van der Waals surface area (Å²) in [7, 11) is 0. The van der Waals surface area contributed by atoms with Gasteiger partial charge in [0.05, 0.1) is 11.5 Å². The van der Waals surface area contributed by atoms with Gasteiger partial charge in [-0.1, -0.05) is 23.4 Å². The minimum Gasteiger partial charge on any atom is -0.341 e. The molecule has 0 radical (unpaired) electrons. The molecule has 0 bridgehead atoms. The molecular formula is C21H18ClN3O4. The minimum absolute atomic E-state index is 0.0268. The Kier molecular flexibility index (Phi) is 6.47. The van der Waals surface area contributed by atoms with Gasteiger partial charge in [-0.25, -0.2) is 0 Å². The van der Waals surface area contributed by atoms with E-state index in [-0.39, 0.29) is 28.7 Å². The average molecular weight is 412 g/mol. The van der Waals surface area contributed by atoms with E-state index < -0.39 is 10.8 Å². The van der Waals surface area contributed by atoms with E-state index in [1.165, 1.54) is 12.1 Å². The second-order valence-electron chi connectivity index (χ2n) is 6.46. The van der Waals surface area contributed by atoms with Crippen molar-refractivity contribution in [2.75, 3.05) is 18.0 Å². The van der Waals surface area contributed by atoms with Crippen LogP contribution in [0.5, 0.6) is 0 Å². The van der Waals surface area contributed by atoms with Crippen molar-refractivity contribution in [3.63, 3.8) is 0 Å². The molecule has 0 atom stereocenters. The van der Waals surface area contributed by atoms with Gasteiger partial charge in [0, 0.05) is 35.8 Å². The number of nitro benzene ring substituents is 1. The van der Waals surface area contributed by atoms with Crippen LogP contribution in [-0.2, 0) is 4.79 Å². The fourth-order valence-electron chi connectivity index (χ4n) is 2.97. The highest BCUT2D eigenvalue weighted by molar-refractivity contribution is 6.32. The molecule has 1 aliphatic heterocycles. The third-order valence-electron chi connectivity index (χ3n) is 4.48. The summed E-state index contributed by atoms with van der Waals surface area (Å²) in [6.07, 6.45) is 2.52. The zero-order valence-corrected chi connectivity index (χ0v) is 16.2. The summed E-state index contributed by atoms with van der Waals surface area (Å²) in [4.78, 5) is 36.1. The SMILES string of the molecule is O=C(NCC#Cc1ccc(N2CCCCC2=O)cc1)c1ccc(Cl)c([N+](=O)[O-])c1. The number of nitrogens with one attached hydrogen (secondary N) is 1. The fraction of sp³-hybridized carbons (Fsp3) is 0.238. The number of halogens is 1. The third-order valence-corrected chi connectivity index (χ3v) is 4.80. The highest BCUT2D eigenvalue weighted by atomic mass is 35.5. The van der Waals surface area contributed by atoms with Gasteiger partial charge in [-0.2, -0.15) is 0 Å². The second-order valence-corrected chi connectivity index (χ2v) is 6.86. The molecule has 8 heteroatoms. The number of carbonyl (C=O) groups is 2. The predicted octanol–water partition coefficient (Wildman–Crippen LogP) is 3.55. The first-order valence-electron chi connectivity index (χ1n) is 9.07. The zero-order valence-electron chi connectivity index (χ0n) is 15.5. The van der Waals surface area contributed by atoms with Crippen LogP contribution in [0, 0.1) is 22.0 Å². The predicted molar refractivity (Wildman–Crippen MR) is 110 cm³/mol. The van der Waals surface area contributed by atoms with Crippen LogP contribution in [-0.4, -0.2) is 29.8 Å². The molecule has 0 spiro atoms. The highest BCUT2D eigenvalue weighted by Gasteiger charge is 2.19. The maximum absolute atomic E-state index is 12.1. The maximum atomic E-state index is 12.1. The number of benzene rings is 2. The zero-order chi connectivity index (χ0) is 20.8. The Labute approximate surface area is 172 Å². The summed E-state index contributed by atoms with van der Waals surface area (Å²) in [5.41, 5.74) is 1.43. The lowest BCUT2D eigenvalue weighted by atomic mass is 10.1. The summed E-state index contributed by atoms with van der Waals surface area (Å²) in [5, 5.41) is 13.5. The lowest BCUT2D eigenvalue weighted by molar-refractivity contribution is -0.384. The molecule has 0 saturated carbocycles. The molecule has 7 nitrogen and oxygen atoms in total. The number of nitro groups is 1. The molecule has 0 aromatic heterocycles. The number of hydrogen-bond donors (Lipinski definition) is 1. The van der Waals surface area contributed by atoms with Gasteiger partial charge in [-0.3, -0.25) is 19.7 Å². The topological polar surface area (TPSA) is 92.6 Å². The Hall–Kier alpha value is -3.37. The van der Waals surface area contributed by atoms with Crippen LogP contribution in [0.25, 0.3) is 0 Å². The number of carbonyl (C=O) groups excluding carboxylic acids is 2. The van der Waals surface area contributed by atoms with Gasteiger partial charge >= 0.3 is 0 Å². The van der Waals surface area contributed by atoms with E-state index in [4.69, 9.17) is 11.6 Å². The molecule has 0 aliphatic carbocycles. The summed E-state index contributed by atoms with van der Waals surface area (Å²) < 4.78 is 0. The first kappa shape index (κ1) is 20.4. The lowest BCUT2D eigenvalue weighted by Crippen LogP contribution is -2.35. The van der Waals surface area contributed by atoms with Gasteiger partial charge in [0.25, 0.3) is 11.6 Å². The Morgan fingerprint density at radius 2 is 1.97 bits per heavy atom. The summed E-state index contributed by atoms with van der Waals surface area (Å²) in [6.45, 7) is 0.820. The van der Waals surface area contributed by atoms with E-state index in [9.17, 15) is 19.7 Å². The molecule has 148 valence electrons. The number of nitrogens with zero attached hydrogens (tertiary/aromatic N) is 2. The molecule has 2 aromatic rings. The van der Waals surface area contributed by atoms with Crippen molar-refractivity contribution >= 4 is 34.8 Å². The second kappa shape index (κ2) is 9.22.